The number of ether oxygens (including phenoxy) is 2. The summed E-state index contributed by atoms with van der Waals surface area (Å²) in [6.07, 6.45) is 1.49. The van der Waals surface area contributed by atoms with E-state index in [0.29, 0.717) is 5.69 Å². The van der Waals surface area contributed by atoms with Gasteiger partial charge in [0.05, 0.1) is 61.0 Å². The molecule has 3 aromatic rings. The molecule has 2 atom stereocenters. The summed E-state index contributed by atoms with van der Waals surface area (Å²) in [5.41, 5.74) is -0.390. The minimum absolute atomic E-state index is 0.103. The third kappa shape index (κ3) is 8.04. The molecular weight excluding hydrogens is 674 g/mol. The molecule has 5 rings (SSSR count). The van der Waals surface area contributed by atoms with Crippen LogP contribution in [0, 0.1) is 5.92 Å². The van der Waals surface area contributed by atoms with Crippen LogP contribution in [0.15, 0.2) is 42.7 Å². The van der Waals surface area contributed by atoms with Crippen LogP contribution in [0.4, 0.5) is 31.1 Å². The average Bonchev–Trinajstić information content (AvgIpc) is 3.55. The van der Waals surface area contributed by atoms with Gasteiger partial charge in [-0.05, 0) is 63.3 Å². The van der Waals surface area contributed by atoms with Crippen molar-refractivity contribution >= 4 is 23.6 Å². The first-order chi connectivity index (χ1) is 23.3. The fourth-order valence-electron chi connectivity index (χ4n) is 6.03. The SMILES string of the molecule is COC[C@@H](NCC(F)(F)C(F)(F)CN1C(=O)c2ccccc2C1=O)c1cnn2cc([C@@H](NC(=O)OC(C)(C)C)C3CCC(F)(F)CC3)nc2c1. The van der Waals surface area contributed by atoms with Crippen LogP contribution in [0.5, 0.6) is 0 Å². The number of nitrogens with zero attached hydrogens (tertiary/aromatic N) is 4. The molecule has 1 aliphatic carbocycles. The Labute approximate surface area is 283 Å². The predicted molar refractivity (Wildman–Crippen MR) is 166 cm³/mol. The molecule has 17 heteroatoms. The summed E-state index contributed by atoms with van der Waals surface area (Å²) in [5, 5.41) is 9.40. The number of imide groups is 1. The van der Waals surface area contributed by atoms with Gasteiger partial charge in [-0.25, -0.2) is 23.1 Å². The molecule has 1 fully saturated rings. The lowest BCUT2D eigenvalue weighted by Crippen LogP contribution is -2.55. The molecule has 0 bridgehead atoms. The van der Waals surface area contributed by atoms with E-state index in [1.807, 2.05) is 0 Å². The molecular formula is C33H38F6N6O5. The van der Waals surface area contributed by atoms with Crippen molar-refractivity contribution in [3.63, 3.8) is 0 Å². The second-order valence-corrected chi connectivity index (χ2v) is 13.6. The minimum Gasteiger partial charge on any atom is -0.444 e. The van der Waals surface area contributed by atoms with E-state index in [2.05, 4.69) is 20.7 Å². The van der Waals surface area contributed by atoms with E-state index in [1.54, 1.807) is 20.8 Å². The fraction of sp³-hybridized carbons (Fsp3) is 0.545. The van der Waals surface area contributed by atoms with Gasteiger partial charge < -0.3 is 20.1 Å². The van der Waals surface area contributed by atoms with E-state index in [1.165, 1.54) is 54.4 Å². The normalized spacial score (nSPS) is 18.3. The lowest BCUT2D eigenvalue weighted by molar-refractivity contribution is -0.208. The lowest BCUT2D eigenvalue weighted by Gasteiger charge is -2.33. The smallest absolute Gasteiger partial charge is 0.408 e. The van der Waals surface area contributed by atoms with Gasteiger partial charge in [0.25, 0.3) is 11.8 Å². The summed E-state index contributed by atoms with van der Waals surface area (Å²) in [5.74, 6) is -14.9. The van der Waals surface area contributed by atoms with E-state index in [9.17, 15) is 23.2 Å². The number of fused-ring (bicyclic) bond motifs is 2. The van der Waals surface area contributed by atoms with E-state index < -0.39 is 72.4 Å². The van der Waals surface area contributed by atoms with Crippen molar-refractivity contribution in [3.8, 4) is 0 Å². The molecule has 1 saturated carbocycles. The first-order valence-electron chi connectivity index (χ1n) is 16.0. The zero-order valence-electron chi connectivity index (χ0n) is 27.8. The third-order valence-electron chi connectivity index (χ3n) is 8.66. The molecule has 2 aliphatic rings. The number of alkyl halides is 6. The fourth-order valence-corrected chi connectivity index (χ4v) is 6.03. The topological polar surface area (TPSA) is 127 Å². The number of hydrogen-bond donors (Lipinski definition) is 2. The Morgan fingerprint density at radius 2 is 1.66 bits per heavy atom. The molecule has 11 nitrogen and oxygen atoms in total. The van der Waals surface area contributed by atoms with Gasteiger partial charge in [0.1, 0.15) is 5.60 Å². The highest BCUT2D eigenvalue weighted by Crippen LogP contribution is 2.42. The summed E-state index contributed by atoms with van der Waals surface area (Å²) < 4.78 is 100. The Morgan fingerprint density at radius 3 is 2.24 bits per heavy atom. The van der Waals surface area contributed by atoms with Crippen molar-refractivity contribution in [1.82, 2.24) is 30.1 Å². The summed E-state index contributed by atoms with van der Waals surface area (Å²) >= 11 is 0. The third-order valence-corrected chi connectivity index (χ3v) is 8.66. The number of rotatable bonds is 12. The van der Waals surface area contributed by atoms with Crippen molar-refractivity contribution in [3.05, 3.63) is 65.1 Å². The van der Waals surface area contributed by atoms with E-state index in [0.717, 1.165) is 0 Å². The van der Waals surface area contributed by atoms with Crippen LogP contribution in [0.25, 0.3) is 5.65 Å². The van der Waals surface area contributed by atoms with Crippen molar-refractivity contribution in [2.45, 2.75) is 81.9 Å². The zero-order valence-corrected chi connectivity index (χ0v) is 27.8. The van der Waals surface area contributed by atoms with Crippen LogP contribution in [-0.2, 0) is 9.47 Å². The van der Waals surface area contributed by atoms with Gasteiger partial charge in [-0.15, -0.1) is 0 Å². The Hall–Kier alpha value is -4.25. The maximum absolute atomic E-state index is 15.1. The maximum atomic E-state index is 15.1. The highest BCUT2D eigenvalue weighted by atomic mass is 19.3. The second kappa shape index (κ2) is 13.8. The minimum atomic E-state index is -4.80. The number of carbonyl (C=O) groups excluding carboxylic acids is 3. The average molecular weight is 713 g/mol. The number of alkyl carbamates (subject to hydrolysis) is 1. The Kier molecular flexibility index (Phi) is 10.2. The van der Waals surface area contributed by atoms with Crippen LogP contribution in [0.3, 0.4) is 0 Å². The first kappa shape index (κ1) is 37.0. The van der Waals surface area contributed by atoms with E-state index in [4.69, 9.17) is 9.47 Å². The van der Waals surface area contributed by atoms with Crippen molar-refractivity contribution in [2.75, 3.05) is 26.8 Å². The van der Waals surface area contributed by atoms with Crippen LogP contribution in [-0.4, -0.2) is 87.6 Å². The monoisotopic (exact) mass is 712 g/mol. The molecule has 3 amide bonds. The molecule has 2 N–H and O–H groups in total. The van der Waals surface area contributed by atoms with Crippen LogP contribution >= 0.6 is 0 Å². The Balaban J connectivity index is 1.33. The lowest BCUT2D eigenvalue weighted by atomic mass is 9.81. The van der Waals surface area contributed by atoms with Crippen molar-refractivity contribution in [2.24, 2.45) is 5.92 Å². The number of amides is 3. The van der Waals surface area contributed by atoms with Gasteiger partial charge in [0, 0.05) is 20.0 Å². The second-order valence-electron chi connectivity index (χ2n) is 13.6. The van der Waals surface area contributed by atoms with Gasteiger partial charge in [-0.2, -0.15) is 22.7 Å². The van der Waals surface area contributed by atoms with Crippen LogP contribution in [0.1, 0.15) is 90.5 Å². The first-order valence-corrected chi connectivity index (χ1v) is 16.0. The number of benzene rings is 1. The highest BCUT2D eigenvalue weighted by Gasteiger charge is 2.58. The van der Waals surface area contributed by atoms with Crippen molar-refractivity contribution < 1.29 is 50.2 Å². The molecule has 1 aliphatic heterocycles. The van der Waals surface area contributed by atoms with Crippen molar-refractivity contribution in [1.29, 1.82) is 0 Å². The number of methoxy groups -OCH3 is 1. The van der Waals surface area contributed by atoms with Crippen LogP contribution in [0.2, 0.25) is 0 Å². The zero-order chi connectivity index (χ0) is 36.6. The summed E-state index contributed by atoms with van der Waals surface area (Å²) in [7, 11) is 1.28. The largest absolute Gasteiger partial charge is 0.444 e. The molecule has 0 radical (unpaired) electrons. The summed E-state index contributed by atoms with van der Waals surface area (Å²) in [4.78, 5) is 42.5. The Morgan fingerprint density at radius 1 is 1.04 bits per heavy atom. The van der Waals surface area contributed by atoms with E-state index in [-0.39, 0.29) is 59.5 Å². The van der Waals surface area contributed by atoms with Gasteiger partial charge in [-0.3, -0.25) is 14.5 Å². The summed E-state index contributed by atoms with van der Waals surface area (Å²) in [6, 6.07) is 4.92. The molecule has 272 valence electrons. The molecule has 0 spiro atoms. The van der Waals surface area contributed by atoms with Gasteiger partial charge in [-0.1, -0.05) is 12.1 Å². The Bertz CT molecular complexity index is 1700. The molecule has 2 aromatic heterocycles. The number of nitrogens with one attached hydrogen (secondary N) is 2. The number of aromatic nitrogens is 3. The summed E-state index contributed by atoms with van der Waals surface area (Å²) in [6.45, 7) is 1.39. The molecule has 0 unspecified atom stereocenters. The number of hydrogen-bond acceptors (Lipinski definition) is 8. The maximum Gasteiger partial charge on any atom is 0.408 e. The predicted octanol–water partition coefficient (Wildman–Crippen LogP) is 5.96. The molecule has 0 saturated heterocycles. The number of halogens is 6. The number of imidazole rings is 1. The molecule has 1 aromatic carbocycles. The number of carbonyl (C=O) groups is 3. The highest BCUT2D eigenvalue weighted by molar-refractivity contribution is 6.21. The van der Waals surface area contributed by atoms with Crippen LogP contribution < -0.4 is 10.6 Å². The van der Waals surface area contributed by atoms with Gasteiger partial charge in [0.15, 0.2) is 5.65 Å². The molecule has 50 heavy (non-hydrogen) atoms. The quantitative estimate of drug-likeness (QED) is 0.174. The standard InChI is InChI=1S/C33H38F6N6O5/c1-30(2,3)50-29(48)43-26(19-9-11-31(34,35)12-10-19)23-15-45-25(42-23)13-20(14-41-45)24(16-49-4)40-17-32(36,37)33(38,39)18-44-27(46)21-7-5-6-8-22(21)28(44)47/h5-8,13-15,19,24,26,40H,9-12,16-18H2,1-4H3,(H,43,48)/t24-,26+/m1/s1. The van der Waals surface area contributed by atoms with E-state index >= 15 is 17.6 Å². The molecule has 3 heterocycles. The van der Waals surface area contributed by atoms with Gasteiger partial charge >= 0.3 is 17.9 Å². The van der Waals surface area contributed by atoms with Gasteiger partial charge in [0.2, 0.25) is 5.92 Å².